The number of pyridine rings is 2. The number of aliphatic hydroxyl groups is 2. The van der Waals surface area contributed by atoms with Crippen molar-refractivity contribution in [2.75, 3.05) is 30.8 Å². The SMILES string of the molecule is Cc1ccc2c(NCC(O)(CC(C)(CC(Nc3cccc4nc(C)ccc34)C(O)(CC(C)(C)c3ccc(Br)c4c3OCO4)C(F)(F)F)c3ccc(Br)c4c3OCO4)C(F)(F)F)cccc2n1. The maximum absolute atomic E-state index is 16.4. The van der Waals surface area contributed by atoms with Crippen molar-refractivity contribution in [1.29, 1.82) is 0 Å². The van der Waals surface area contributed by atoms with Crippen molar-refractivity contribution in [1.82, 2.24) is 9.97 Å². The minimum absolute atomic E-state index is 0.00721. The van der Waals surface area contributed by atoms with E-state index in [1.54, 1.807) is 80.6 Å². The number of rotatable bonds is 14. The Labute approximate surface area is 393 Å². The van der Waals surface area contributed by atoms with E-state index in [1.807, 2.05) is 0 Å². The van der Waals surface area contributed by atoms with Crippen LogP contribution in [0.5, 0.6) is 23.0 Å². The zero-order chi connectivity index (χ0) is 47.6. The molecule has 18 heteroatoms. The molecule has 0 aliphatic carbocycles. The number of halogens is 8. The van der Waals surface area contributed by atoms with Gasteiger partial charge in [0.25, 0.3) is 0 Å². The fourth-order valence-corrected chi connectivity index (χ4v) is 10.2. The van der Waals surface area contributed by atoms with E-state index in [1.165, 1.54) is 39.0 Å². The lowest BCUT2D eigenvalue weighted by Gasteiger charge is -2.48. The third kappa shape index (κ3) is 8.81. The number of nitrogens with zero attached hydrogens (tertiary/aromatic N) is 2. The summed E-state index contributed by atoms with van der Waals surface area (Å²) in [6, 6.07) is 20.3. The average Bonchev–Trinajstić information content (AvgIpc) is 3.94. The Balaban J connectivity index is 1.30. The van der Waals surface area contributed by atoms with Gasteiger partial charge in [0.15, 0.2) is 34.2 Å². The van der Waals surface area contributed by atoms with E-state index in [0.29, 0.717) is 47.7 Å². The first-order valence-corrected chi connectivity index (χ1v) is 22.5. The molecule has 350 valence electrons. The standard InChI is InChI=1S/C48H46Br2F6N4O6/c1-26-12-14-28-34(8-6-9-35(28)58-26)57-23-45(61,47(51,52)53)22-44(5,31-17-19-33(50)42-40(31)64-25-66-42)20-38(60-37-11-7-10-36-29(37)15-13-27(2)59-36)46(62,48(54,55)56)21-43(3,4)30-16-18-32(49)41-39(30)63-24-65-41/h6-19,38,57,60-62H,20-25H2,1-5H3. The van der Waals surface area contributed by atoms with E-state index in [9.17, 15) is 10.2 Å². The molecule has 0 radical (unpaired) electrons. The molecule has 2 aliphatic rings. The number of aryl methyl sites for hydroxylation is 2. The Bertz CT molecular complexity index is 2830. The number of benzene rings is 4. The van der Waals surface area contributed by atoms with Gasteiger partial charge in [0.2, 0.25) is 13.6 Å². The topological polar surface area (TPSA) is 127 Å². The van der Waals surface area contributed by atoms with E-state index in [-0.39, 0.29) is 53.5 Å². The quantitative estimate of drug-likeness (QED) is 0.0783. The van der Waals surface area contributed by atoms with Crippen LogP contribution in [0, 0.1) is 13.8 Å². The lowest BCUT2D eigenvalue weighted by atomic mass is 9.64. The normalized spacial score (nSPS) is 17.0. The molecule has 0 fully saturated rings. The Morgan fingerprint density at radius 3 is 1.67 bits per heavy atom. The first-order chi connectivity index (χ1) is 30.9. The first-order valence-electron chi connectivity index (χ1n) is 20.9. The van der Waals surface area contributed by atoms with Crippen LogP contribution in [-0.4, -0.2) is 69.9 Å². The third-order valence-corrected chi connectivity index (χ3v) is 13.9. The van der Waals surface area contributed by atoms with Crippen LogP contribution in [0.15, 0.2) is 93.9 Å². The molecule has 10 nitrogen and oxygen atoms in total. The largest absolute Gasteiger partial charge is 0.453 e. The molecule has 4 heterocycles. The van der Waals surface area contributed by atoms with Gasteiger partial charge < -0.3 is 39.8 Å². The van der Waals surface area contributed by atoms with Gasteiger partial charge in [-0.3, -0.25) is 9.97 Å². The number of nitrogens with one attached hydrogen (secondary N) is 2. The maximum atomic E-state index is 16.4. The third-order valence-electron chi connectivity index (χ3n) is 12.6. The predicted octanol–water partition coefficient (Wildman–Crippen LogP) is 12.0. The molecule has 2 aromatic heterocycles. The molecule has 4 atom stereocenters. The second-order valence-corrected chi connectivity index (χ2v) is 19.7. The highest BCUT2D eigenvalue weighted by molar-refractivity contribution is 9.11. The number of ether oxygens (including phenoxy) is 4. The zero-order valence-electron chi connectivity index (χ0n) is 36.3. The molecule has 2 aliphatic heterocycles. The van der Waals surface area contributed by atoms with Gasteiger partial charge in [-0.05, 0) is 131 Å². The van der Waals surface area contributed by atoms with E-state index < -0.39 is 66.2 Å². The van der Waals surface area contributed by atoms with Crippen LogP contribution in [0.1, 0.15) is 62.5 Å². The summed E-state index contributed by atoms with van der Waals surface area (Å²) in [5.74, 6) is 0.552. The molecule has 0 saturated heterocycles. The van der Waals surface area contributed by atoms with E-state index in [0.717, 1.165) is 0 Å². The van der Waals surface area contributed by atoms with Crippen LogP contribution in [0.2, 0.25) is 0 Å². The van der Waals surface area contributed by atoms with E-state index >= 15 is 26.3 Å². The summed E-state index contributed by atoms with van der Waals surface area (Å²) in [6.07, 6.45) is -13.9. The van der Waals surface area contributed by atoms with Gasteiger partial charge in [-0.15, -0.1) is 0 Å². The van der Waals surface area contributed by atoms with Crippen molar-refractivity contribution >= 4 is 65.0 Å². The molecule has 66 heavy (non-hydrogen) atoms. The zero-order valence-corrected chi connectivity index (χ0v) is 39.5. The molecule has 4 unspecified atom stereocenters. The summed E-state index contributed by atoms with van der Waals surface area (Å²) < 4.78 is 120. The Kier molecular flexibility index (Phi) is 12.4. The summed E-state index contributed by atoms with van der Waals surface area (Å²) >= 11 is 6.80. The molecular formula is C48H46Br2F6N4O6. The molecule has 0 saturated carbocycles. The van der Waals surface area contributed by atoms with Gasteiger partial charge in [0.1, 0.15) is 0 Å². The van der Waals surface area contributed by atoms with Crippen LogP contribution < -0.4 is 29.6 Å². The summed E-state index contributed by atoms with van der Waals surface area (Å²) in [5, 5.41) is 31.7. The van der Waals surface area contributed by atoms with Crippen molar-refractivity contribution in [3.63, 3.8) is 0 Å². The number of fused-ring (bicyclic) bond motifs is 4. The van der Waals surface area contributed by atoms with Crippen LogP contribution in [0.25, 0.3) is 21.8 Å². The Morgan fingerprint density at radius 1 is 0.621 bits per heavy atom. The van der Waals surface area contributed by atoms with E-state index in [2.05, 4.69) is 52.5 Å². The van der Waals surface area contributed by atoms with Gasteiger partial charge in [0, 0.05) is 50.1 Å². The number of aromatic nitrogens is 2. The highest BCUT2D eigenvalue weighted by atomic mass is 79.9. The monoisotopic (exact) mass is 1050 g/mol. The van der Waals surface area contributed by atoms with Crippen LogP contribution in [0.3, 0.4) is 0 Å². The van der Waals surface area contributed by atoms with Gasteiger partial charge in [-0.2, -0.15) is 26.3 Å². The summed E-state index contributed by atoms with van der Waals surface area (Å²) in [7, 11) is 0. The van der Waals surface area contributed by atoms with Gasteiger partial charge in [-0.1, -0.05) is 45.0 Å². The number of anilines is 2. The fraction of sp³-hybridized carbons (Fsp3) is 0.375. The highest BCUT2D eigenvalue weighted by Crippen LogP contribution is 2.56. The molecule has 0 amide bonds. The molecule has 4 aromatic carbocycles. The number of hydrogen-bond acceptors (Lipinski definition) is 10. The molecule has 8 rings (SSSR count). The van der Waals surface area contributed by atoms with Crippen LogP contribution >= 0.6 is 31.9 Å². The average molecular weight is 1050 g/mol. The predicted molar refractivity (Wildman–Crippen MR) is 246 cm³/mol. The maximum Gasteiger partial charge on any atom is 0.419 e. The Hall–Kier alpha value is -5.04. The molecule has 4 N–H and O–H groups in total. The van der Waals surface area contributed by atoms with Crippen LogP contribution in [-0.2, 0) is 10.8 Å². The van der Waals surface area contributed by atoms with Crippen molar-refractivity contribution in [3.05, 3.63) is 116 Å². The van der Waals surface area contributed by atoms with E-state index in [4.69, 9.17) is 18.9 Å². The van der Waals surface area contributed by atoms with Crippen LogP contribution in [0.4, 0.5) is 37.7 Å². The van der Waals surface area contributed by atoms with Crippen molar-refractivity contribution in [2.45, 2.75) is 94.3 Å². The second-order valence-electron chi connectivity index (χ2n) is 18.0. The minimum atomic E-state index is -5.43. The van der Waals surface area contributed by atoms with Crippen molar-refractivity contribution in [3.8, 4) is 23.0 Å². The molecule has 0 bridgehead atoms. The molecule has 0 spiro atoms. The number of alkyl halides is 6. The lowest BCUT2D eigenvalue weighted by molar-refractivity contribution is -0.276. The molecular weight excluding hydrogens is 1000 g/mol. The summed E-state index contributed by atoms with van der Waals surface area (Å²) in [6.45, 7) is 6.23. The summed E-state index contributed by atoms with van der Waals surface area (Å²) in [5.41, 5.74) is -8.06. The summed E-state index contributed by atoms with van der Waals surface area (Å²) in [4.78, 5) is 9.02. The van der Waals surface area contributed by atoms with Gasteiger partial charge in [0.05, 0.1) is 32.6 Å². The fourth-order valence-electron chi connectivity index (χ4n) is 9.32. The first kappa shape index (κ1) is 47.5. The lowest BCUT2D eigenvalue weighted by Crippen LogP contribution is -2.62. The van der Waals surface area contributed by atoms with Gasteiger partial charge >= 0.3 is 12.4 Å². The van der Waals surface area contributed by atoms with Gasteiger partial charge in [-0.25, -0.2) is 0 Å². The Morgan fingerprint density at radius 2 is 1.12 bits per heavy atom. The van der Waals surface area contributed by atoms with Crippen molar-refractivity contribution in [2.24, 2.45) is 0 Å². The smallest absolute Gasteiger partial charge is 0.419 e. The molecule has 6 aromatic rings. The number of hydrogen-bond donors (Lipinski definition) is 4. The highest BCUT2D eigenvalue weighted by Gasteiger charge is 2.64. The second kappa shape index (κ2) is 17.2. The van der Waals surface area contributed by atoms with Crippen molar-refractivity contribution < 1.29 is 55.5 Å². The minimum Gasteiger partial charge on any atom is -0.453 e.